The number of benzene rings is 1. The van der Waals surface area contributed by atoms with E-state index in [0.29, 0.717) is 19.3 Å². The molecule has 1 fully saturated rings. The molecule has 3 N–H and O–H groups in total. The predicted octanol–water partition coefficient (Wildman–Crippen LogP) is 1.78. The van der Waals surface area contributed by atoms with Crippen LogP contribution in [-0.2, 0) is 6.42 Å². The summed E-state index contributed by atoms with van der Waals surface area (Å²) in [4.78, 5) is 11.7. The molecule has 0 radical (unpaired) electrons. The number of rotatable bonds is 6. The molecule has 1 saturated carbocycles. The largest absolute Gasteiger partial charge is 0.394 e. The van der Waals surface area contributed by atoms with Gasteiger partial charge in [0.1, 0.15) is 6.17 Å². The van der Waals surface area contributed by atoms with E-state index in [1.807, 2.05) is 30.3 Å². The zero-order chi connectivity index (χ0) is 14.4. The number of carbonyl (C=O) groups excluding carboxylic acids is 1. The molecule has 20 heavy (non-hydrogen) atoms. The normalized spacial score (nSPS) is 22.7. The van der Waals surface area contributed by atoms with E-state index in [2.05, 4.69) is 10.6 Å². The molecule has 2 rings (SSSR count). The number of hydrogen-bond donors (Lipinski definition) is 3. The molecule has 1 aromatic rings. The van der Waals surface area contributed by atoms with Gasteiger partial charge >= 0.3 is 6.03 Å². The Bertz CT molecular complexity index is 421. The molecule has 1 aromatic carbocycles. The van der Waals surface area contributed by atoms with Crippen molar-refractivity contribution in [1.82, 2.24) is 10.6 Å². The van der Waals surface area contributed by atoms with Gasteiger partial charge in [-0.1, -0.05) is 30.3 Å². The summed E-state index contributed by atoms with van der Waals surface area (Å²) in [6.45, 7) is -0.101. The van der Waals surface area contributed by atoms with Crippen molar-refractivity contribution in [3.05, 3.63) is 35.9 Å². The third kappa shape index (κ3) is 4.49. The Kier molecular flexibility index (Phi) is 5.35. The first kappa shape index (κ1) is 14.8. The highest BCUT2D eigenvalue weighted by molar-refractivity contribution is 5.74. The molecule has 0 bridgehead atoms. The van der Waals surface area contributed by atoms with Gasteiger partial charge in [-0.25, -0.2) is 9.18 Å². The van der Waals surface area contributed by atoms with Gasteiger partial charge in [-0.3, -0.25) is 0 Å². The molecule has 5 heteroatoms. The number of hydrogen-bond acceptors (Lipinski definition) is 2. The van der Waals surface area contributed by atoms with E-state index in [0.717, 1.165) is 6.42 Å². The van der Waals surface area contributed by atoms with Crippen LogP contribution in [0.15, 0.2) is 30.3 Å². The Morgan fingerprint density at radius 2 is 2.05 bits per heavy atom. The second-order valence-electron chi connectivity index (χ2n) is 5.29. The van der Waals surface area contributed by atoms with Crippen LogP contribution in [-0.4, -0.2) is 36.0 Å². The molecule has 1 aliphatic carbocycles. The second-order valence-corrected chi connectivity index (χ2v) is 5.29. The van der Waals surface area contributed by atoms with Crippen LogP contribution in [0, 0.1) is 0 Å². The fraction of sp³-hybridized carbons (Fsp3) is 0.533. The van der Waals surface area contributed by atoms with Gasteiger partial charge in [0.15, 0.2) is 0 Å². The Morgan fingerprint density at radius 1 is 1.35 bits per heavy atom. The van der Waals surface area contributed by atoms with Crippen LogP contribution < -0.4 is 10.6 Å². The standard InChI is InChI=1S/C15H21FN2O2/c16-12-8-14(9-12)18-15(20)17-13(10-19)7-6-11-4-2-1-3-5-11/h1-5,12-14,19H,6-10H2,(H2,17,18,20)/t12?,13-,14?/m1/s1. The Balaban J connectivity index is 1.70. The van der Waals surface area contributed by atoms with Gasteiger partial charge in [-0.15, -0.1) is 0 Å². The first-order valence-electron chi connectivity index (χ1n) is 7.03. The molecule has 0 unspecified atom stereocenters. The quantitative estimate of drug-likeness (QED) is 0.744. The number of urea groups is 1. The van der Waals surface area contributed by atoms with E-state index < -0.39 is 6.17 Å². The van der Waals surface area contributed by atoms with Crippen molar-refractivity contribution in [3.63, 3.8) is 0 Å². The number of alkyl halides is 1. The Morgan fingerprint density at radius 3 is 2.65 bits per heavy atom. The van der Waals surface area contributed by atoms with Crippen molar-refractivity contribution in [2.75, 3.05) is 6.61 Å². The number of aliphatic hydroxyl groups excluding tert-OH is 1. The van der Waals surface area contributed by atoms with Crippen LogP contribution in [0.5, 0.6) is 0 Å². The topological polar surface area (TPSA) is 61.4 Å². The van der Waals surface area contributed by atoms with Gasteiger partial charge in [0.05, 0.1) is 12.6 Å². The van der Waals surface area contributed by atoms with Crippen LogP contribution in [0.4, 0.5) is 9.18 Å². The van der Waals surface area contributed by atoms with Crippen molar-refractivity contribution in [1.29, 1.82) is 0 Å². The first-order chi connectivity index (χ1) is 9.67. The SMILES string of the molecule is O=C(NC1CC(F)C1)N[C@@H](CO)CCc1ccccc1. The van der Waals surface area contributed by atoms with Gasteiger partial charge in [0.25, 0.3) is 0 Å². The predicted molar refractivity (Wildman–Crippen MR) is 75.2 cm³/mol. The number of halogens is 1. The van der Waals surface area contributed by atoms with Crippen LogP contribution in [0.1, 0.15) is 24.8 Å². The molecule has 0 aliphatic heterocycles. The van der Waals surface area contributed by atoms with Gasteiger partial charge < -0.3 is 15.7 Å². The fourth-order valence-electron chi connectivity index (χ4n) is 2.27. The summed E-state index contributed by atoms with van der Waals surface area (Å²) in [5.74, 6) is 0. The van der Waals surface area contributed by atoms with Gasteiger partial charge in [-0.05, 0) is 31.2 Å². The lowest BCUT2D eigenvalue weighted by Gasteiger charge is -2.31. The average molecular weight is 280 g/mol. The fourth-order valence-corrected chi connectivity index (χ4v) is 2.27. The summed E-state index contributed by atoms with van der Waals surface area (Å²) in [5.41, 5.74) is 1.17. The summed E-state index contributed by atoms with van der Waals surface area (Å²) in [7, 11) is 0. The van der Waals surface area contributed by atoms with Crippen molar-refractivity contribution in [2.24, 2.45) is 0 Å². The van der Waals surface area contributed by atoms with E-state index in [9.17, 15) is 14.3 Å². The maximum absolute atomic E-state index is 12.6. The zero-order valence-corrected chi connectivity index (χ0v) is 11.4. The average Bonchev–Trinajstić information content (AvgIpc) is 2.43. The number of amides is 2. The molecule has 1 aliphatic rings. The van der Waals surface area contributed by atoms with E-state index in [4.69, 9.17) is 0 Å². The lowest BCUT2D eigenvalue weighted by atomic mass is 9.91. The minimum atomic E-state index is -0.785. The van der Waals surface area contributed by atoms with E-state index in [1.165, 1.54) is 5.56 Å². The van der Waals surface area contributed by atoms with Crippen LogP contribution in [0.3, 0.4) is 0 Å². The third-order valence-corrected chi connectivity index (χ3v) is 3.60. The van der Waals surface area contributed by atoms with Crippen LogP contribution >= 0.6 is 0 Å². The van der Waals surface area contributed by atoms with Crippen molar-refractivity contribution >= 4 is 6.03 Å². The summed E-state index contributed by atoms with van der Waals surface area (Å²) < 4.78 is 12.6. The monoisotopic (exact) mass is 280 g/mol. The van der Waals surface area contributed by atoms with Crippen LogP contribution in [0.25, 0.3) is 0 Å². The molecule has 2 amide bonds. The summed E-state index contributed by atoms with van der Waals surface area (Å²) in [6, 6.07) is 9.24. The lowest BCUT2D eigenvalue weighted by molar-refractivity contribution is 0.153. The smallest absolute Gasteiger partial charge is 0.315 e. The molecule has 0 saturated heterocycles. The number of carbonyl (C=O) groups is 1. The maximum Gasteiger partial charge on any atom is 0.315 e. The van der Waals surface area contributed by atoms with E-state index in [1.54, 1.807) is 0 Å². The third-order valence-electron chi connectivity index (χ3n) is 3.60. The minimum absolute atomic E-state index is 0.0709. The first-order valence-corrected chi connectivity index (χ1v) is 7.03. The van der Waals surface area contributed by atoms with Crippen LogP contribution in [0.2, 0.25) is 0 Å². The molecule has 110 valence electrons. The molecular formula is C15H21FN2O2. The van der Waals surface area contributed by atoms with Gasteiger partial charge in [-0.2, -0.15) is 0 Å². The molecule has 1 atom stereocenters. The Labute approximate surface area is 118 Å². The lowest BCUT2D eigenvalue weighted by Crippen LogP contribution is -2.52. The van der Waals surface area contributed by atoms with Crippen molar-refractivity contribution < 1.29 is 14.3 Å². The molecule has 4 nitrogen and oxygen atoms in total. The molecule has 0 aromatic heterocycles. The second kappa shape index (κ2) is 7.24. The number of nitrogens with one attached hydrogen (secondary N) is 2. The number of aryl methyl sites for hydroxylation is 1. The van der Waals surface area contributed by atoms with Crippen molar-refractivity contribution in [2.45, 2.75) is 43.9 Å². The summed E-state index contributed by atoms with van der Waals surface area (Å²) in [5, 5.41) is 14.7. The molecule has 0 spiro atoms. The summed E-state index contributed by atoms with van der Waals surface area (Å²) in [6.07, 6.45) is 1.46. The molecular weight excluding hydrogens is 259 g/mol. The van der Waals surface area contributed by atoms with Gasteiger partial charge in [0, 0.05) is 6.04 Å². The van der Waals surface area contributed by atoms with E-state index >= 15 is 0 Å². The van der Waals surface area contributed by atoms with Crippen molar-refractivity contribution in [3.8, 4) is 0 Å². The molecule has 0 heterocycles. The zero-order valence-electron chi connectivity index (χ0n) is 11.4. The Hall–Kier alpha value is -1.62. The van der Waals surface area contributed by atoms with E-state index in [-0.39, 0.29) is 24.7 Å². The van der Waals surface area contributed by atoms with Gasteiger partial charge in [0.2, 0.25) is 0 Å². The highest BCUT2D eigenvalue weighted by Crippen LogP contribution is 2.22. The highest BCUT2D eigenvalue weighted by atomic mass is 19.1. The minimum Gasteiger partial charge on any atom is -0.394 e. The summed E-state index contributed by atoms with van der Waals surface area (Å²) >= 11 is 0. The number of aliphatic hydroxyl groups is 1. The highest BCUT2D eigenvalue weighted by Gasteiger charge is 2.30. The maximum atomic E-state index is 12.6.